The minimum Gasteiger partial charge on any atom is -0.392 e. The number of aliphatic hydroxyl groups excluding tert-OH is 1. The molecule has 118 valence electrons. The second kappa shape index (κ2) is 7.61. The normalized spacial score (nSPS) is 12.0. The molecule has 0 radical (unpaired) electrons. The van der Waals surface area contributed by atoms with E-state index >= 15 is 0 Å². The molecule has 0 aliphatic rings. The van der Waals surface area contributed by atoms with Crippen molar-refractivity contribution in [2.75, 3.05) is 6.54 Å². The molecule has 0 saturated heterocycles. The summed E-state index contributed by atoms with van der Waals surface area (Å²) in [6.07, 6.45) is 4.38. The van der Waals surface area contributed by atoms with Crippen LogP contribution in [0.2, 0.25) is 0 Å². The molecular formula is C16H22N4O2. The van der Waals surface area contributed by atoms with Gasteiger partial charge in [0.05, 0.1) is 18.8 Å². The molecule has 0 aliphatic heterocycles. The molecule has 6 heteroatoms. The lowest BCUT2D eigenvalue weighted by atomic mass is 10.1. The summed E-state index contributed by atoms with van der Waals surface area (Å²) in [5.74, 6) is 0. The summed E-state index contributed by atoms with van der Waals surface area (Å²) >= 11 is 0. The van der Waals surface area contributed by atoms with Crippen molar-refractivity contribution in [2.45, 2.75) is 26.0 Å². The molecule has 0 bridgehead atoms. The average Bonchev–Trinajstić information content (AvgIpc) is 2.94. The van der Waals surface area contributed by atoms with Crippen LogP contribution >= 0.6 is 0 Å². The number of hydrogen-bond acceptors (Lipinski definition) is 3. The molecule has 1 atom stereocenters. The number of urea groups is 1. The monoisotopic (exact) mass is 302 g/mol. The van der Waals surface area contributed by atoms with Gasteiger partial charge in [0.1, 0.15) is 0 Å². The number of carbonyl (C=O) groups excluding carboxylic acids is 1. The Kier molecular flexibility index (Phi) is 5.55. The van der Waals surface area contributed by atoms with Gasteiger partial charge in [-0.2, -0.15) is 5.10 Å². The highest BCUT2D eigenvalue weighted by Crippen LogP contribution is 2.09. The SMILES string of the molecule is CC(NC(=O)NCCc1ccc(CO)cc1)c1cnn(C)c1. The zero-order chi connectivity index (χ0) is 15.9. The third kappa shape index (κ3) is 4.60. The number of hydrogen-bond donors (Lipinski definition) is 3. The highest BCUT2D eigenvalue weighted by Gasteiger charge is 2.10. The summed E-state index contributed by atoms with van der Waals surface area (Å²) in [5.41, 5.74) is 2.98. The van der Waals surface area contributed by atoms with Crippen LogP contribution in [0.5, 0.6) is 0 Å². The number of rotatable bonds is 6. The second-order valence-corrected chi connectivity index (χ2v) is 5.29. The largest absolute Gasteiger partial charge is 0.392 e. The maximum Gasteiger partial charge on any atom is 0.315 e. The number of aromatic nitrogens is 2. The van der Waals surface area contributed by atoms with E-state index in [1.165, 1.54) is 0 Å². The summed E-state index contributed by atoms with van der Waals surface area (Å²) in [6.45, 7) is 2.53. The summed E-state index contributed by atoms with van der Waals surface area (Å²) in [6, 6.07) is 7.42. The van der Waals surface area contributed by atoms with E-state index in [9.17, 15) is 4.79 Å². The Morgan fingerprint density at radius 1 is 1.32 bits per heavy atom. The molecule has 2 rings (SSSR count). The van der Waals surface area contributed by atoms with Crippen LogP contribution in [0.25, 0.3) is 0 Å². The van der Waals surface area contributed by atoms with Crippen molar-refractivity contribution in [1.82, 2.24) is 20.4 Å². The first-order valence-corrected chi connectivity index (χ1v) is 7.30. The molecule has 0 saturated carbocycles. The van der Waals surface area contributed by atoms with Crippen molar-refractivity contribution in [3.63, 3.8) is 0 Å². The van der Waals surface area contributed by atoms with Gasteiger partial charge in [0.25, 0.3) is 0 Å². The van der Waals surface area contributed by atoms with Gasteiger partial charge in [0.2, 0.25) is 0 Å². The predicted molar refractivity (Wildman–Crippen MR) is 84.2 cm³/mol. The quantitative estimate of drug-likeness (QED) is 0.757. The number of aryl methyl sites for hydroxylation is 1. The van der Waals surface area contributed by atoms with E-state index in [0.717, 1.165) is 23.1 Å². The van der Waals surface area contributed by atoms with Crippen LogP contribution in [0.15, 0.2) is 36.7 Å². The third-order valence-electron chi connectivity index (χ3n) is 3.48. The van der Waals surface area contributed by atoms with E-state index < -0.39 is 0 Å². The summed E-state index contributed by atoms with van der Waals surface area (Å²) < 4.78 is 1.71. The van der Waals surface area contributed by atoms with E-state index in [4.69, 9.17) is 5.11 Å². The van der Waals surface area contributed by atoms with Gasteiger partial charge in [-0.1, -0.05) is 24.3 Å². The molecule has 2 amide bonds. The van der Waals surface area contributed by atoms with Gasteiger partial charge < -0.3 is 15.7 Å². The molecule has 3 N–H and O–H groups in total. The lowest BCUT2D eigenvalue weighted by Crippen LogP contribution is -2.37. The Morgan fingerprint density at radius 3 is 2.59 bits per heavy atom. The Hall–Kier alpha value is -2.34. The first-order valence-electron chi connectivity index (χ1n) is 7.30. The zero-order valence-electron chi connectivity index (χ0n) is 12.9. The van der Waals surface area contributed by atoms with Crippen molar-refractivity contribution in [3.05, 3.63) is 53.3 Å². The van der Waals surface area contributed by atoms with Crippen molar-refractivity contribution in [3.8, 4) is 0 Å². The summed E-state index contributed by atoms with van der Waals surface area (Å²) in [7, 11) is 1.85. The molecule has 0 spiro atoms. The highest BCUT2D eigenvalue weighted by atomic mass is 16.3. The summed E-state index contributed by atoms with van der Waals surface area (Å²) in [4.78, 5) is 11.8. The number of nitrogens with one attached hydrogen (secondary N) is 2. The molecule has 1 heterocycles. The fourth-order valence-corrected chi connectivity index (χ4v) is 2.13. The van der Waals surface area contributed by atoms with E-state index in [1.54, 1.807) is 10.9 Å². The average molecular weight is 302 g/mol. The topological polar surface area (TPSA) is 79.2 Å². The first kappa shape index (κ1) is 16.0. The molecule has 22 heavy (non-hydrogen) atoms. The number of aliphatic hydroxyl groups is 1. The number of benzene rings is 1. The van der Waals surface area contributed by atoms with E-state index in [0.29, 0.717) is 6.54 Å². The van der Waals surface area contributed by atoms with Gasteiger partial charge in [0.15, 0.2) is 0 Å². The smallest absolute Gasteiger partial charge is 0.315 e. The lowest BCUT2D eigenvalue weighted by molar-refractivity contribution is 0.238. The Morgan fingerprint density at radius 2 is 2.00 bits per heavy atom. The van der Waals surface area contributed by atoms with Crippen molar-refractivity contribution < 1.29 is 9.90 Å². The molecule has 0 aliphatic carbocycles. The van der Waals surface area contributed by atoms with Crippen LogP contribution in [0.4, 0.5) is 4.79 Å². The van der Waals surface area contributed by atoms with Crippen LogP contribution in [0.3, 0.4) is 0 Å². The zero-order valence-corrected chi connectivity index (χ0v) is 12.9. The van der Waals surface area contributed by atoms with Crippen molar-refractivity contribution in [2.24, 2.45) is 7.05 Å². The third-order valence-corrected chi connectivity index (χ3v) is 3.48. The first-order chi connectivity index (χ1) is 10.6. The van der Waals surface area contributed by atoms with Gasteiger partial charge >= 0.3 is 6.03 Å². The van der Waals surface area contributed by atoms with Crippen LogP contribution in [0, 0.1) is 0 Å². The molecular weight excluding hydrogens is 280 g/mol. The van der Waals surface area contributed by atoms with Crippen LogP contribution < -0.4 is 10.6 Å². The highest BCUT2D eigenvalue weighted by molar-refractivity contribution is 5.74. The van der Waals surface area contributed by atoms with Gasteiger partial charge in [-0.25, -0.2) is 4.79 Å². The molecule has 2 aromatic rings. The van der Waals surface area contributed by atoms with Gasteiger partial charge in [0, 0.05) is 25.4 Å². The minimum atomic E-state index is -0.191. The maximum absolute atomic E-state index is 11.8. The van der Waals surface area contributed by atoms with Gasteiger partial charge in [-0.15, -0.1) is 0 Å². The summed E-state index contributed by atoms with van der Waals surface area (Å²) in [5, 5.41) is 18.8. The molecule has 1 aromatic heterocycles. The van der Waals surface area contributed by atoms with Crippen LogP contribution in [-0.2, 0) is 20.1 Å². The number of nitrogens with zero attached hydrogens (tertiary/aromatic N) is 2. The lowest BCUT2D eigenvalue weighted by Gasteiger charge is -2.13. The van der Waals surface area contributed by atoms with Crippen LogP contribution in [0.1, 0.15) is 29.7 Å². The fourth-order valence-electron chi connectivity index (χ4n) is 2.13. The Labute approximate surface area is 130 Å². The Balaban J connectivity index is 1.73. The maximum atomic E-state index is 11.8. The Bertz CT molecular complexity index is 607. The molecule has 6 nitrogen and oxygen atoms in total. The molecule has 1 aromatic carbocycles. The second-order valence-electron chi connectivity index (χ2n) is 5.29. The van der Waals surface area contributed by atoms with Crippen LogP contribution in [-0.4, -0.2) is 27.5 Å². The minimum absolute atomic E-state index is 0.0488. The molecule has 1 unspecified atom stereocenters. The van der Waals surface area contributed by atoms with Gasteiger partial charge in [-0.05, 0) is 24.5 Å². The van der Waals surface area contributed by atoms with E-state index in [1.807, 2.05) is 44.4 Å². The van der Waals surface area contributed by atoms with Crippen molar-refractivity contribution in [1.29, 1.82) is 0 Å². The molecule has 0 fully saturated rings. The standard InChI is InChI=1S/C16H22N4O2/c1-12(15-9-18-20(2)10-15)19-16(22)17-8-7-13-3-5-14(11-21)6-4-13/h3-6,9-10,12,21H,7-8,11H2,1-2H3,(H2,17,19,22). The predicted octanol–water partition coefficient (Wildman–Crippen LogP) is 1.52. The number of amides is 2. The van der Waals surface area contributed by atoms with Gasteiger partial charge in [-0.3, -0.25) is 4.68 Å². The van der Waals surface area contributed by atoms with E-state index in [2.05, 4.69) is 15.7 Å². The van der Waals surface area contributed by atoms with E-state index in [-0.39, 0.29) is 18.7 Å². The fraction of sp³-hybridized carbons (Fsp3) is 0.375. The van der Waals surface area contributed by atoms with Crippen molar-refractivity contribution >= 4 is 6.03 Å². The number of carbonyl (C=O) groups is 1.